The largest absolute Gasteiger partial charge is 0.481 e. The smallest absolute Gasteiger partial charge is 0.274 e. The third kappa shape index (κ3) is 1.17. The van der Waals surface area contributed by atoms with E-state index in [1.54, 1.807) is 25.9 Å². The van der Waals surface area contributed by atoms with E-state index in [4.69, 9.17) is 4.74 Å². The molecule has 0 aliphatic carbocycles. The summed E-state index contributed by atoms with van der Waals surface area (Å²) >= 11 is 0. The lowest BCUT2D eigenvalue weighted by molar-refractivity contribution is 0.346. The van der Waals surface area contributed by atoms with Gasteiger partial charge in [0.1, 0.15) is 0 Å². The number of rotatable bonds is 1. The summed E-state index contributed by atoms with van der Waals surface area (Å²) in [6.45, 7) is 3.73. The molecule has 0 amide bonds. The number of aromatic nitrogens is 3. The van der Waals surface area contributed by atoms with E-state index >= 15 is 0 Å². The zero-order valence-corrected chi connectivity index (χ0v) is 10.2. The van der Waals surface area contributed by atoms with Crippen LogP contribution in [0.1, 0.15) is 11.4 Å². The number of hydrogen-bond acceptors (Lipinski definition) is 3. The number of fused-ring (bicyclic) bond motifs is 1. The minimum Gasteiger partial charge on any atom is -0.481 e. The molecular weight excluding hydrogens is 206 g/mol. The van der Waals surface area contributed by atoms with E-state index < -0.39 is 0 Å². The Morgan fingerprint density at radius 1 is 1.06 bits per heavy atom. The van der Waals surface area contributed by atoms with Gasteiger partial charge in [0, 0.05) is 14.1 Å². The summed E-state index contributed by atoms with van der Waals surface area (Å²) in [6, 6.07) is 0. The van der Waals surface area contributed by atoms with Gasteiger partial charge in [-0.25, -0.2) is 0 Å². The van der Waals surface area contributed by atoms with E-state index in [0.29, 0.717) is 11.4 Å². The predicted molar refractivity (Wildman–Crippen MR) is 61.1 cm³/mol. The summed E-state index contributed by atoms with van der Waals surface area (Å²) in [5.74, 6) is 0.662. The van der Waals surface area contributed by atoms with Crippen LogP contribution >= 0.6 is 0 Å². The maximum Gasteiger partial charge on any atom is 0.274 e. The Morgan fingerprint density at radius 3 is 2.19 bits per heavy atom. The van der Waals surface area contributed by atoms with Gasteiger partial charge in [-0.3, -0.25) is 19.1 Å². The Labute approximate surface area is 93.6 Å². The molecule has 0 aromatic heterocycles. The fraction of sp³-hybridized carbons (Fsp3) is 0.455. The Balaban J connectivity index is 3.04. The second-order valence-electron chi connectivity index (χ2n) is 3.89. The molecule has 0 saturated carbocycles. The van der Waals surface area contributed by atoms with Crippen LogP contribution in [0.5, 0.6) is 5.88 Å². The first kappa shape index (κ1) is 10.7. The van der Waals surface area contributed by atoms with Crippen molar-refractivity contribution in [1.82, 2.24) is 14.3 Å². The quantitative estimate of drug-likeness (QED) is 0.717. The van der Waals surface area contributed by atoms with Gasteiger partial charge in [0.15, 0.2) is 0 Å². The Hall–Kier alpha value is -1.78. The topological polar surface area (TPSA) is 49.0 Å². The lowest BCUT2D eigenvalue weighted by Crippen LogP contribution is -2.28. The van der Waals surface area contributed by atoms with Gasteiger partial charge in [-0.15, -0.1) is 0 Å². The van der Waals surface area contributed by atoms with Crippen LogP contribution in [0.15, 0.2) is 4.79 Å². The second kappa shape index (κ2) is 3.37. The van der Waals surface area contributed by atoms with Crippen LogP contribution in [0, 0.1) is 13.8 Å². The molecule has 16 heavy (non-hydrogen) atoms. The average Bonchev–Trinajstić information content (AvgIpc) is 2.52. The summed E-state index contributed by atoms with van der Waals surface area (Å²) in [4.78, 5) is 16.4. The van der Waals surface area contributed by atoms with Crippen molar-refractivity contribution in [1.29, 1.82) is 0 Å². The standard InChI is InChI=1S/C11H15N3O2/c1-6-8-9(7(2)12-6)11(16-5)14(4)13(3)10(8)15/h1-5H3. The minimum absolute atomic E-state index is 0.0450. The number of ether oxygens (including phenoxy) is 1. The monoisotopic (exact) mass is 221 g/mol. The molecule has 0 unspecified atom stereocenters. The molecule has 2 aliphatic rings. The van der Waals surface area contributed by atoms with Gasteiger partial charge < -0.3 is 4.74 Å². The van der Waals surface area contributed by atoms with E-state index in [2.05, 4.69) is 4.98 Å². The predicted octanol–water partition coefficient (Wildman–Crippen LogP) is 0.849. The maximum atomic E-state index is 12.1. The molecule has 0 spiro atoms. The molecule has 0 radical (unpaired) electrons. The van der Waals surface area contributed by atoms with Crippen molar-refractivity contribution in [2.45, 2.75) is 13.8 Å². The van der Waals surface area contributed by atoms with Crippen LogP contribution in [-0.4, -0.2) is 21.5 Å². The lowest BCUT2D eigenvalue weighted by Gasteiger charge is -2.17. The van der Waals surface area contributed by atoms with Gasteiger partial charge in [0.05, 0.1) is 29.6 Å². The van der Waals surface area contributed by atoms with Crippen molar-refractivity contribution < 1.29 is 4.74 Å². The fourth-order valence-electron chi connectivity index (χ4n) is 2.08. The Morgan fingerprint density at radius 2 is 1.62 bits per heavy atom. The Bertz CT molecular complexity index is 580. The lowest BCUT2D eigenvalue weighted by atomic mass is 10.1. The molecule has 2 heterocycles. The summed E-state index contributed by atoms with van der Waals surface area (Å²) in [6.07, 6.45) is 0. The summed E-state index contributed by atoms with van der Waals surface area (Å²) in [5, 5.41) is 0. The number of nitrogens with zero attached hydrogens (tertiary/aromatic N) is 3. The SMILES string of the molecule is COc1c2c(C)nc(C)c-2c(=O)n(C)n1C. The van der Waals surface area contributed by atoms with Gasteiger partial charge in [-0.1, -0.05) is 0 Å². The molecule has 0 aromatic rings. The summed E-state index contributed by atoms with van der Waals surface area (Å²) in [5.41, 5.74) is 3.00. The molecule has 2 aliphatic heterocycles. The highest BCUT2D eigenvalue weighted by Crippen LogP contribution is 2.33. The first-order valence-corrected chi connectivity index (χ1v) is 5.06. The molecule has 0 N–H and O–H groups in total. The van der Waals surface area contributed by atoms with E-state index in [-0.39, 0.29) is 5.56 Å². The highest BCUT2D eigenvalue weighted by Gasteiger charge is 2.24. The molecule has 5 heteroatoms. The summed E-state index contributed by atoms with van der Waals surface area (Å²) in [7, 11) is 5.11. The zero-order chi connectivity index (χ0) is 12.0. The molecule has 0 aromatic carbocycles. The first-order chi connectivity index (χ1) is 7.49. The van der Waals surface area contributed by atoms with E-state index in [9.17, 15) is 4.79 Å². The van der Waals surface area contributed by atoms with Crippen LogP contribution in [0.2, 0.25) is 0 Å². The molecule has 0 bridgehead atoms. The van der Waals surface area contributed by atoms with Crippen molar-refractivity contribution in [3.05, 3.63) is 21.7 Å². The van der Waals surface area contributed by atoms with Gasteiger partial charge in [0.2, 0.25) is 5.88 Å². The second-order valence-corrected chi connectivity index (χ2v) is 3.89. The van der Waals surface area contributed by atoms with Crippen LogP contribution in [0.25, 0.3) is 11.1 Å². The van der Waals surface area contributed by atoms with Crippen molar-refractivity contribution in [3.8, 4) is 17.0 Å². The summed E-state index contributed by atoms with van der Waals surface area (Å²) < 4.78 is 8.57. The molecule has 2 rings (SSSR count). The van der Waals surface area contributed by atoms with Crippen molar-refractivity contribution >= 4 is 0 Å². The molecule has 86 valence electrons. The third-order valence-electron chi connectivity index (χ3n) is 2.97. The average molecular weight is 221 g/mol. The van der Waals surface area contributed by atoms with Crippen molar-refractivity contribution in [2.75, 3.05) is 7.11 Å². The normalized spacial score (nSPS) is 11.1. The van der Waals surface area contributed by atoms with Crippen LogP contribution in [0.3, 0.4) is 0 Å². The van der Waals surface area contributed by atoms with Crippen LogP contribution in [0.4, 0.5) is 0 Å². The minimum atomic E-state index is -0.0450. The van der Waals surface area contributed by atoms with E-state index in [0.717, 1.165) is 17.0 Å². The van der Waals surface area contributed by atoms with Gasteiger partial charge in [-0.05, 0) is 13.8 Å². The zero-order valence-electron chi connectivity index (χ0n) is 10.2. The van der Waals surface area contributed by atoms with E-state index in [1.165, 1.54) is 4.68 Å². The molecule has 5 nitrogen and oxygen atoms in total. The van der Waals surface area contributed by atoms with Gasteiger partial charge in [-0.2, -0.15) is 0 Å². The number of aryl methyl sites for hydroxylation is 2. The molecule has 0 fully saturated rings. The third-order valence-corrected chi connectivity index (χ3v) is 2.97. The van der Waals surface area contributed by atoms with Crippen LogP contribution < -0.4 is 10.3 Å². The molecule has 0 atom stereocenters. The van der Waals surface area contributed by atoms with Crippen molar-refractivity contribution in [2.24, 2.45) is 14.1 Å². The van der Waals surface area contributed by atoms with E-state index in [1.807, 2.05) is 13.8 Å². The number of methoxy groups -OCH3 is 1. The van der Waals surface area contributed by atoms with Crippen molar-refractivity contribution in [3.63, 3.8) is 0 Å². The van der Waals surface area contributed by atoms with Gasteiger partial charge >= 0.3 is 0 Å². The van der Waals surface area contributed by atoms with Crippen LogP contribution in [-0.2, 0) is 14.1 Å². The molecular formula is C11H15N3O2. The Kier molecular flexibility index (Phi) is 2.26. The van der Waals surface area contributed by atoms with Gasteiger partial charge in [0.25, 0.3) is 5.56 Å². The maximum absolute atomic E-state index is 12.1. The highest BCUT2D eigenvalue weighted by molar-refractivity contribution is 5.74. The molecule has 0 saturated heterocycles. The first-order valence-electron chi connectivity index (χ1n) is 5.06. The highest BCUT2D eigenvalue weighted by atomic mass is 16.5. The number of hydrogen-bond donors (Lipinski definition) is 0. The fourth-order valence-corrected chi connectivity index (χ4v) is 2.08.